The molecule has 0 spiro atoms. The molecule has 3 aromatic rings. The lowest BCUT2D eigenvalue weighted by molar-refractivity contribution is -0.0516. The second-order valence-electron chi connectivity index (χ2n) is 6.99. The minimum Gasteiger partial charge on any atom is -0.365 e. The molecule has 8 heteroatoms. The molecule has 1 aromatic carbocycles. The van der Waals surface area contributed by atoms with Crippen LogP contribution >= 0.6 is 0 Å². The van der Waals surface area contributed by atoms with Crippen molar-refractivity contribution in [1.29, 1.82) is 0 Å². The lowest BCUT2D eigenvalue weighted by atomic mass is 10.1. The minimum atomic E-state index is -0.0782. The molecule has 3 heterocycles. The van der Waals surface area contributed by atoms with E-state index in [2.05, 4.69) is 46.4 Å². The number of rotatable bonds is 5. The van der Waals surface area contributed by atoms with E-state index in [-0.39, 0.29) is 18.7 Å². The normalized spacial score (nSPS) is 14.6. The van der Waals surface area contributed by atoms with Crippen LogP contribution < -0.4 is 5.32 Å². The number of H-pyrrole nitrogens is 1. The molecular weight excluding hydrogens is 346 g/mol. The first-order valence-electron chi connectivity index (χ1n) is 9.01. The summed E-state index contributed by atoms with van der Waals surface area (Å²) in [6, 6.07) is 6.14. The molecule has 0 bridgehead atoms. The van der Waals surface area contributed by atoms with Gasteiger partial charge in [0.1, 0.15) is 6.61 Å². The van der Waals surface area contributed by atoms with Gasteiger partial charge in [-0.15, -0.1) is 0 Å². The van der Waals surface area contributed by atoms with Crippen LogP contribution in [-0.2, 0) is 17.9 Å². The summed E-state index contributed by atoms with van der Waals surface area (Å²) in [5, 5.41) is 7.89. The van der Waals surface area contributed by atoms with E-state index in [1.165, 1.54) is 16.6 Å². The number of hydrogen-bond acceptors (Lipinski definition) is 5. The lowest BCUT2D eigenvalue weighted by Gasteiger charge is -2.38. The van der Waals surface area contributed by atoms with Gasteiger partial charge in [0.05, 0.1) is 19.2 Å². The van der Waals surface area contributed by atoms with Crippen molar-refractivity contribution in [3.8, 4) is 0 Å². The third kappa shape index (κ3) is 3.66. The van der Waals surface area contributed by atoms with Crippen molar-refractivity contribution in [2.45, 2.75) is 40.0 Å². The van der Waals surface area contributed by atoms with Crippen LogP contribution in [0.3, 0.4) is 0 Å². The van der Waals surface area contributed by atoms with Crippen molar-refractivity contribution in [2.24, 2.45) is 0 Å². The van der Waals surface area contributed by atoms with Crippen LogP contribution in [-0.4, -0.2) is 45.2 Å². The molecule has 0 radical (unpaired) electrons. The minimum absolute atomic E-state index is 0.00443. The first kappa shape index (κ1) is 17.5. The number of aromatic amines is 1. The van der Waals surface area contributed by atoms with Crippen LogP contribution in [0.5, 0.6) is 0 Å². The molecule has 4 rings (SSSR count). The number of aromatic nitrogens is 3. The molecule has 1 fully saturated rings. The number of carbonyl (C=O) groups is 1. The van der Waals surface area contributed by atoms with Crippen LogP contribution in [0.15, 0.2) is 22.7 Å². The van der Waals surface area contributed by atoms with Crippen LogP contribution in [0.4, 0.5) is 4.79 Å². The Kier molecular flexibility index (Phi) is 4.57. The number of aryl methyl sites for hydroxylation is 3. The third-order valence-electron chi connectivity index (χ3n) is 4.96. The zero-order valence-corrected chi connectivity index (χ0v) is 15.7. The summed E-state index contributed by atoms with van der Waals surface area (Å²) in [5.41, 5.74) is 4.63. The van der Waals surface area contributed by atoms with E-state index < -0.39 is 0 Å². The van der Waals surface area contributed by atoms with Gasteiger partial charge in [-0.25, -0.2) is 4.79 Å². The molecular formula is C19H23N5O3. The molecule has 2 aromatic heterocycles. The number of ether oxygens (including phenoxy) is 1. The van der Waals surface area contributed by atoms with Gasteiger partial charge >= 0.3 is 6.03 Å². The number of urea groups is 1. The van der Waals surface area contributed by atoms with Gasteiger partial charge in [0, 0.05) is 23.1 Å². The van der Waals surface area contributed by atoms with Crippen molar-refractivity contribution >= 4 is 16.9 Å². The molecule has 8 nitrogen and oxygen atoms in total. The highest BCUT2D eigenvalue weighted by atomic mass is 16.5. The number of nitrogens with one attached hydrogen (secondary N) is 2. The van der Waals surface area contributed by atoms with Gasteiger partial charge in [-0.05, 0) is 44.0 Å². The lowest BCUT2D eigenvalue weighted by Crippen LogP contribution is -2.57. The molecule has 0 aliphatic carbocycles. The van der Waals surface area contributed by atoms with Crippen molar-refractivity contribution in [3.05, 3.63) is 46.7 Å². The topological polar surface area (TPSA) is 96.3 Å². The van der Waals surface area contributed by atoms with Crippen molar-refractivity contribution in [2.75, 3.05) is 13.1 Å². The van der Waals surface area contributed by atoms with Gasteiger partial charge in [-0.1, -0.05) is 11.2 Å². The third-order valence-corrected chi connectivity index (χ3v) is 4.96. The first-order chi connectivity index (χ1) is 13.0. The molecule has 2 amide bonds. The zero-order valence-electron chi connectivity index (χ0n) is 15.7. The Hall–Kier alpha value is -2.87. The summed E-state index contributed by atoms with van der Waals surface area (Å²) < 4.78 is 10.7. The molecule has 0 unspecified atom stereocenters. The van der Waals surface area contributed by atoms with E-state index >= 15 is 0 Å². The first-order valence-corrected chi connectivity index (χ1v) is 9.01. The molecule has 0 atom stereocenters. The fraction of sp³-hybridized carbons (Fsp3) is 0.421. The molecule has 142 valence electrons. The number of amides is 2. The van der Waals surface area contributed by atoms with Crippen LogP contribution in [0.25, 0.3) is 10.9 Å². The fourth-order valence-electron chi connectivity index (χ4n) is 3.21. The quantitative estimate of drug-likeness (QED) is 0.721. The van der Waals surface area contributed by atoms with Gasteiger partial charge < -0.3 is 24.5 Å². The Balaban J connectivity index is 1.24. The predicted octanol–water partition coefficient (Wildman–Crippen LogP) is 2.59. The van der Waals surface area contributed by atoms with Crippen LogP contribution in [0.1, 0.15) is 28.5 Å². The van der Waals surface area contributed by atoms with E-state index in [0.717, 1.165) is 11.1 Å². The van der Waals surface area contributed by atoms with Gasteiger partial charge in [0.15, 0.2) is 5.82 Å². The molecule has 1 aliphatic rings. The van der Waals surface area contributed by atoms with Gasteiger partial charge in [-0.2, -0.15) is 4.98 Å². The monoisotopic (exact) mass is 369 g/mol. The summed E-state index contributed by atoms with van der Waals surface area (Å²) in [6.45, 7) is 7.84. The molecule has 1 saturated heterocycles. The number of fused-ring (bicyclic) bond motifs is 1. The van der Waals surface area contributed by atoms with E-state index in [0.29, 0.717) is 31.3 Å². The Morgan fingerprint density at radius 2 is 2.19 bits per heavy atom. The summed E-state index contributed by atoms with van der Waals surface area (Å²) in [6.07, 6.45) is 0.00443. The van der Waals surface area contributed by atoms with Gasteiger partial charge in [0.25, 0.3) is 5.89 Å². The van der Waals surface area contributed by atoms with Crippen molar-refractivity contribution < 1.29 is 14.1 Å². The second kappa shape index (κ2) is 7.03. The molecule has 2 N–H and O–H groups in total. The Bertz CT molecular complexity index is 971. The zero-order chi connectivity index (χ0) is 19.0. The standard InChI is InChI=1S/C19H23N5O3/c1-11-12(2)21-17-5-4-14(6-16(11)17)7-20-19(25)24-8-15(9-24)26-10-18-22-13(3)23-27-18/h4-6,15,21H,7-10H2,1-3H3,(H,20,25). The summed E-state index contributed by atoms with van der Waals surface area (Å²) in [7, 11) is 0. The van der Waals surface area contributed by atoms with Crippen LogP contribution in [0, 0.1) is 20.8 Å². The number of benzene rings is 1. The van der Waals surface area contributed by atoms with E-state index in [1.54, 1.807) is 11.8 Å². The molecule has 27 heavy (non-hydrogen) atoms. The highest BCUT2D eigenvalue weighted by Gasteiger charge is 2.31. The summed E-state index contributed by atoms with van der Waals surface area (Å²) in [5.74, 6) is 1.05. The van der Waals surface area contributed by atoms with Crippen molar-refractivity contribution in [3.63, 3.8) is 0 Å². The fourth-order valence-corrected chi connectivity index (χ4v) is 3.21. The maximum atomic E-state index is 12.3. The average Bonchev–Trinajstić information content (AvgIpc) is 3.15. The highest BCUT2D eigenvalue weighted by molar-refractivity contribution is 5.85. The number of hydrogen-bond donors (Lipinski definition) is 2. The SMILES string of the molecule is Cc1noc(COC2CN(C(=O)NCc3ccc4[nH]c(C)c(C)c4c3)C2)n1. The maximum absolute atomic E-state index is 12.3. The Labute approximate surface area is 156 Å². The average molecular weight is 369 g/mol. The highest BCUT2D eigenvalue weighted by Crippen LogP contribution is 2.22. The van der Waals surface area contributed by atoms with E-state index in [9.17, 15) is 4.79 Å². The number of likely N-dealkylation sites (tertiary alicyclic amines) is 1. The number of carbonyl (C=O) groups excluding carboxylic acids is 1. The van der Waals surface area contributed by atoms with E-state index in [4.69, 9.17) is 9.26 Å². The summed E-state index contributed by atoms with van der Waals surface area (Å²) >= 11 is 0. The Morgan fingerprint density at radius 3 is 2.93 bits per heavy atom. The Morgan fingerprint density at radius 1 is 1.37 bits per heavy atom. The predicted molar refractivity (Wildman–Crippen MR) is 99.2 cm³/mol. The largest absolute Gasteiger partial charge is 0.365 e. The van der Waals surface area contributed by atoms with Crippen LogP contribution in [0.2, 0.25) is 0 Å². The molecule has 1 aliphatic heterocycles. The maximum Gasteiger partial charge on any atom is 0.317 e. The second-order valence-corrected chi connectivity index (χ2v) is 6.99. The van der Waals surface area contributed by atoms with Gasteiger partial charge in [0.2, 0.25) is 0 Å². The van der Waals surface area contributed by atoms with E-state index in [1.807, 2.05) is 6.07 Å². The van der Waals surface area contributed by atoms with Crippen molar-refractivity contribution in [1.82, 2.24) is 25.3 Å². The smallest absolute Gasteiger partial charge is 0.317 e. The van der Waals surface area contributed by atoms with Gasteiger partial charge in [-0.3, -0.25) is 0 Å². The molecule has 0 saturated carbocycles. The summed E-state index contributed by atoms with van der Waals surface area (Å²) in [4.78, 5) is 21.4. The number of nitrogens with zero attached hydrogens (tertiary/aromatic N) is 3.